The summed E-state index contributed by atoms with van der Waals surface area (Å²) in [7, 11) is 0. The van der Waals surface area contributed by atoms with Crippen molar-refractivity contribution in [1.82, 2.24) is 5.32 Å². The second kappa shape index (κ2) is 10.4. The number of amides is 1. The number of nitrogens with one attached hydrogen (secondary N) is 1. The molecule has 0 aliphatic carbocycles. The highest BCUT2D eigenvalue weighted by atomic mass is 35.5. The summed E-state index contributed by atoms with van der Waals surface area (Å²) in [5.41, 5.74) is 4.84. The van der Waals surface area contributed by atoms with Crippen LogP contribution >= 0.6 is 12.4 Å². The molecule has 0 saturated heterocycles. The third kappa shape index (κ3) is 7.85. The van der Waals surface area contributed by atoms with Crippen LogP contribution in [0.5, 0.6) is 5.75 Å². The van der Waals surface area contributed by atoms with Gasteiger partial charge >= 0.3 is 6.18 Å². The summed E-state index contributed by atoms with van der Waals surface area (Å²) in [5, 5.41) is 12.2. The fourth-order valence-electron chi connectivity index (χ4n) is 1.78. The van der Waals surface area contributed by atoms with Crippen molar-refractivity contribution in [3.05, 3.63) is 29.8 Å². The number of alkyl halides is 3. The number of benzene rings is 1. The van der Waals surface area contributed by atoms with Crippen molar-refractivity contribution in [2.75, 3.05) is 13.2 Å². The Morgan fingerprint density at radius 3 is 2.42 bits per heavy atom. The minimum atomic E-state index is -4.40. The summed E-state index contributed by atoms with van der Waals surface area (Å²) in [6, 6.07) is 3.51. The molecule has 1 amide bonds. The number of rotatable bonds is 8. The Kier molecular flexibility index (Phi) is 9.72. The fraction of sp³-hybridized carbons (Fsp3) is 0.533. The molecule has 1 aromatic carbocycles. The molecule has 0 bridgehead atoms. The van der Waals surface area contributed by atoms with E-state index in [2.05, 4.69) is 5.32 Å². The second-order valence-corrected chi connectivity index (χ2v) is 5.13. The Balaban J connectivity index is 0.00000529. The first-order chi connectivity index (χ1) is 10.7. The van der Waals surface area contributed by atoms with E-state index in [1.54, 1.807) is 0 Å². The van der Waals surface area contributed by atoms with E-state index in [9.17, 15) is 23.1 Å². The fourth-order valence-corrected chi connectivity index (χ4v) is 1.78. The first-order valence-electron chi connectivity index (χ1n) is 7.25. The zero-order chi connectivity index (χ0) is 17.5. The molecule has 2 atom stereocenters. The van der Waals surface area contributed by atoms with E-state index in [4.69, 9.17) is 10.5 Å². The summed E-state index contributed by atoms with van der Waals surface area (Å²) in [6.07, 6.45) is -4.08. The highest BCUT2D eigenvalue weighted by Gasteiger charge is 2.30. The van der Waals surface area contributed by atoms with Crippen LogP contribution in [0.2, 0.25) is 0 Å². The number of nitrogens with two attached hydrogens (primary N) is 1. The van der Waals surface area contributed by atoms with Crippen LogP contribution in [0, 0.1) is 0 Å². The van der Waals surface area contributed by atoms with Gasteiger partial charge in [-0.15, -0.1) is 12.4 Å². The summed E-state index contributed by atoms with van der Waals surface area (Å²) in [6.45, 7) is 1.70. The van der Waals surface area contributed by atoms with Crippen molar-refractivity contribution >= 4 is 18.3 Å². The minimum Gasteiger partial charge on any atom is -0.491 e. The molecule has 9 heteroatoms. The molecule has 0 heterocycles. The van der Waals surface area contributed by atoms with E-state index >= 15 is 0 Å². The van der Waals surface area contributed by atoms with Crippen molar-refractivity contribution in [3.8, 4) is 5.75 Å². The molecule has 2 unspecified atom stereocenters. The van der Waals surface area contributed by atoms with Gasteiger partial charge in [0.15, 0.2) is 0 Å². The first-order valence-corrected chi connectivity index (χ1v) is 7.25. The number of hydrogen-bond donors (Lipinski definition) is 3. The molecule has 0 aliphatic rings. The van der Waals surface area contributed by atoms with Gasteiger partial charge in [0.2, 0.25) is 5.91 Å². The SMILES string of the molecule is CCCC(N)C(=O)NCC(O)COc1ccc(C(F)(F)F)cc1.Cl. The molecule has 4 N–H and O–H groups in total. The lowest BCUT2D eigenvalue weighted by molar-refractivity contribution is -0.137. The van der Waals surface area contributed by atoms with Crippen LogP contribution in [0.1, 0.15) is 25.3 Å². The van der Waals surface area contributed by atoms with Gasteiger partial charge in [-0.1, -0.05) is 13.3 Å². The van der Waals surface area contributed by atoms with E-state index in [1.165, 1.54) is 12.1 Å². The Labute approximate surface area is 144 Å². The maximum Gasteiger partial charge on any atom is 0.416 e. The summed E-state index contributed by atoms with van der Waals surface area (Å²) in [5.74, 6) is -0.161. The molecule has 0 spiro atoms. The van der Waals surface area contributed by atoms with E-state index in [0.29, 0.717) is 6.42 Å². The lowest BCUT2D eigenvalue weighted by Crippen LogP contribution is -2.44. The maximum atomic E-state index is 12.4. The predicted octanol–water partition coefficient (Wildman–Crippen LogP) is 2.11. The van der Waals surface area contributed by atoms with Crippen LogP contribution in [0.4, 0.5) is 13.2 Å². The second-order valence-electron chi connectivity index (χ2n) is 5.13. The average molecular weight is 371 g/mol. The van der Waals surface area contributed by atoms with Crippen LogP contribution in [0.25, 0.3) is 0 Å². The quantitative estimate of drug-likeness (QED) is 0.654. The van der Waals surface area contributed by atoms with Crippen molar-refractivity contribution in [3.63, 3.8) is 0 Å². The Morgan fingerprint density at radius 1 is 1.33 bits per heavy atom. The zero-order valence-corrected chi connectivity index (χ0v) is 14.0. The molecule has 1 rings (SSSR count). The lowest BCUT2D eigenvalue weighted by atomic mass is 10.1. The summed E-state index contributed by atoms with van der Waals surface area (Å²) < 4.78 is 42.4. The smallest absolute Gasteiger partial charge is 0.416 e. The van der Waals surface area contributed by atoms with Gasteiger partial charge in [-0.05, 0) is 30.7 Å². The van der Waals surface area contributed by atoms with Crippen molar-refractivity contribution in [2.45, 2.75) is 38.1 Å². The average Bonchev–Trinajstić information content (AvgIpc) is 2.50. The van der Waals surface area contributed by atoms with Crippen molar-refractivity contribution < 1.29 is 27.8 Å². The zero-order valence-electron chi connectivity index (χ0n) is 13.2. The Morgan fingerprint density at radius 2 is 1.92 bits per heavy atom. The molecular weight excluding hydrogens is 349 g/mol. The summed E-state index contributed by atoms with van der Waals surface area (Å²) >= 11 is 0. The molecule has 0 aromatic heterocycles. The van der Waals surface area contributed by atoms with Gasteiger partial charge in [-0.2, -0.15) is 13.2 Å². The normalized spacial score (nSPS) is 13.6. The van der Waals surface area contributed by atoms with Crippen LogP contribution in [-0.4, -0.2) is 36.3 Å². The molecule has 24 heavy (non-hydrogen) atoms. The van der Waals surface area contributed by atoms with Gasteiger partial charge < -0.3 is 20.9 Å². The van der Waals surface area contributed by atoms with E-state index in [1.807, 2.05) is 6.92 Å². The number of halogens is 4. The Hall–Kier alpha value is -1.51. The number of hydrogen-bond acceptors (Lipinski definition) is 4. The molecule has 1 aromatic rings. The van der Waals surface area contributed by atoms with Gasteiger partial charge in [0.1, 0.15) is 18.5 Å². The summed E-state index contributed by atoms with van der Waals surface area (Å²) in [4.78, 5) is 11.5. The van der Waals surface area contributed by atoms with Crippen LogP contribution in [-0.2, 0) is 11.0 Å². The molecular formula is C15H22ClF3N2O3. The maximum absolute atomic E-state index is 12.4. The standard InChI is InChI=1S/C15H21F3N2O3.ClH/c1-2-3-13(19)14(22)20-8-11(21)9-23-12-6-4-10(5-7-12)15(16,17)18;/h4-7,11,13,21H,2-3,8-9,19H2,1H3,(H,20,22);1H. The highest BCUT2D eigenvalue weighted by Crippen LogP contribution is 2.30. The third-order valence-electron chi connectivity index (χ3n) is 3.07. The van der Waals surface area contributed by atoms with E-state index in [0.717, 1.165) is 18.6 Å². The number of carbonyl (C=O) groups excluding carboxylic acids is 1. The monoisotopic (exact) mass is 370 g/mol. The van der Waals surface area contributed by atoms with Crippen molar-refractivity contribution in [2.24, 2.45) is 5.73 Å². The third-order valence-corrected chi connectivity index (χ3v) is 3.07. The topological polar surface area (TPSA) is 84.6 Å². The molecule has 138 valence electrons. The lowest BCUT2D eigenvalue weighted by Gasteiger charge is -2.16. The molecule has 0 saturated carbocycles. The number of aliphatic hydroxyl groups excluding tert-OH is 1. The van der Waals surface area contributed by atoms with Gasteiger partial charge in [0.05, 0.1) is 11.6 Å². The predicted molar refractivity (Wildman–Crippen MR) is 86.1 cm³/mol. The first kappa shape index (κ1) is 22.5. The Bertz CT molecular complexity index is 498. The number of carbonyl (C=O) groups is 1. The van der Waals surface area contributed by atoms with E-state index in [-0.39, 0.29) is 37.2 Å². The molecule has 0 aliphatic heterocycles. The largest absolute Gasteiger partial charge is 0.491 e. The van der Waals surface area contributed by atoms with Crippen molar-refractivity contribution in [1.29, 1.82) is 0 Å². The van der Waals surface area contributed by atoms with Crippen LogP contribution in [0.3, 0.4) is 0 Å². The van der Waals surface area contributed by atoms with Gasteiger partial charge in [-0.3, -0.25) is 4.79 Å². The molecule has 5 nitrogen and oxygen atoms in total. The molecule has 0 radical (unpaired) electrons. The van der Waals surface area contributed by atoms with Crippen LogP contribution < -0.4 is 15.8 Å². The van der Waals surface area contributed by atoms with Gasteiger partial charge in [0.25, 0.3) is 0 Å². The van der Waals surface area contributed by atoms with Crippen LogP contribution in [0.15, 0.2) is 24.3 Å². The minimum absolute atomic E-state index is 0. The van der Waals surface area contributed by atoms with Gasteiger partial charge in [-0.25, -0.2) is 0 Å². The highest BCUT2D eigenvalue weighted by molar-refractivity contribution is 5.85. The van der Waals surface area contributed by atoms with Gasteiger partial charge in [0, 0.05) is 6.54 Å². The number of ether oxygens (including phenoxy) is 1. The molecule has 0 fully saturated rings. The van der Waals surface area contributed by atoms with E-state index < -0.39 is 23.9 Å². The number of aliphatic hydroxyl groups is 1.